The number of amides is 2. The molecule has 1 unspecified atom stereocenters. The normalized spacial score (nSPS) is 16.4. The van der Waals surface area contributed by atoms with Crippen LogP contribution < -0.4 is 24.4 Å². The highest BCUT2D eigenvalue weighted by Crippen LogP contribution is 2.44. The van der Waals surface area contributed by atoms with Crippen molar-refractivity contribution < 1.29 is 33.7 Å². The number of ether oxygens (including phenoxy) is 3. The number of nitrogens with zero attached hydrogens (tertiary/aromatic N) is 1. The Balaban J connectivity index is 1.95. The molecule has 37 heavy (non-hydrogen) atoms. The average Bonchev–Trinajstić information content (AvgIpc) is 3.17. The molecule has 190 valence electrons. The molecule has 9 nitrogen and oxygen atoms in total. The maximum absolute atomic E-state index is 13.5. The van der Waals surface area contributed by atoms with Gasteiger partial charge in [0.1, 0.15) is 23.0 Å². The summed E-state index contributed by atoms with van der Waals surface area (Å²) in [6, 6.07) is 17.2. The van der Waals surface area contributed by atoms with Crippen molar-refractivity contribution in [2.75, 3.05) is 31.5 Å². The molecule has 1 aliphatic heterocycles. The monoisotopic (exact) mass is 502 g/mol. The fourth-order valence-corrected chi connectivity index (χ4v) is 4.28. The summed E-state index contributed by atoms with van der Waals surface area (Å²) in [5, 5.41) is 14.2. The topological polar surface area (TPSA) is 114 Å². The highest BCUT2D eigenvalue weighted by atomic mass is 16.5. The smallest absolute Gasteiger partial charge is 0.300 e. The Labute approximate surface area is 213 Å². The lowest BCUT2D eigenvalue weighted by atomic mass is 9.94. The first kappa shape index (κ1) is 25.3. The van der Waals surface area contributed by atoms with Crippen LogP contribution in [0.5, 0.6) is 17.2 Å². The fourth-order valence-electron chi connectivity index (χ4n) is 4.28. The summed E-state index contributed by atoms with van der Waals surface area (Å²) in [5.74, 6) is -1.07. The number of methoxy groups -OCH3 is 3. The number of carbonyl (C=O) groups excluding carboxylic acids is 3. The van der Waals surface area contributed by atoms with Gasteiger partial charge in [-0.2, -0.15) is 0 Å². The summed E-state index contributed by atoms with van der Waals surface area (Å²) in [5.41, 5.74) is 1.46. The van der Waals surface area contributed by atoms with E-state index in [2.05, 4.69) is 5.32 Å². The first-order chi connectivity index (χ1) is 17.8. The lowest BCUT2D eigenvalue weighted by Crippen LogP contribution is -2.29. The van der Waals surface area contributed by atoms with Gasteiger partial charge < -0.3 is 24.6 Å². The molecule has 9 heteroatoms. The van der Waals surface area contributed by atoms with E-state index < -0.39 is 23.5 Å². The van der Waals surface area contributed by atoms with Crippen LogP contribution in [0.15, 0.2) is 72.3 Å². The van der Waals surface area contributed by atoms with E-state index in [0.717, 1.165) is 0 Å². The number of aliphatic hydroxyl groups excluding tert-OH is 1. The Morgan fingerprint density at radius 2 is 1.57 bits per heavy atom. The molecule has 1 saturated heterocycles. The summed E-state index contributed by atoms with van der Waals surface area (Å²) in [6.07, 6.45) is 0. The van der Waals surface area contributed by atoms with Crippen LogP contribution in [0.25, 0.3) is 5.76 Å². The van der Waals surface area contributed by atoms with Crippen LogP contribution in [0.3, 0.4) is 0 Å². The molecule has 3 aromatic carbocycles. The van der Waals surface area contributed by atoms with Crippen molar-refractivity contribution in [1.29, 1.82) is 0 Å². The van der Waals surface area contributed by atoms with Gasteiger partial charge in [0.05, 0.1) is 38.5 Å². The van der Waals surface area contributed by atoms with Gasteiger partial charge in [-0.3, -0.25) is 19.3 Å². The maximum atomic E-state index is 13.5. The van der Waals surface area contributed by atoms with Crippen molar-refractivity contribution in [3.63, 3.8) is 0 Å². The molecule has 0 radical (unpaired) electrons. The molecule has 0 saturated carbocycles. The standard InChI is InChI=1S/C28H26N2O7/c1-16(31)29-18-6-5-7-19(14-18)30-25(17-8-10-20(35-2)11-9-17)24(27(33)28(30)34)26(32)22-15-21(36-3)12-13-23(22)37-4/h5-15,25,32H,1-4H3,(H,29,31)/b26-24+. The second-order valence-electron chi connectivity index (χ2n) is 8.24. The molecule has 0 aromatic heterocycles. The van der Waals surface area contributed by atoms with E-state index in [1.54, 1.807) is 60.7 Å². The molecule has 3 aromatic rings. The highest BCUT2D eigenvalue weighted by Gasteiger charge is 2.47. The van der Waals surface area contributed by atoms with Crippen molar-refractivity contribution in [1.82, 2.24) is 0 Å². The van der Waals surface area contributed by atoms with E-state index in [0.29, 0.717) is 34.2 Å². The fraction of sp³-hybridized carbons (Fsp3) is 0.179. The number of rotatable bonds is 7. The average molecular weight is 503 g/mol. The lowest BCUT2D eigenvalue weighted by molar-refractivity contribution is -0.132. The Kier molecular flexibility index (Phi) is 7.15. The Hall–Kier alpha value is -4.79. The third-order valence-corrected chi connectivity index (χ3v) is 5.98. The van der Waals surface area contributed by atoms with Crippen molar-refractivity contribution in [3.05, 3.63) is 83.4 Å². The first-order valence-electron chi connectivity index (χ1n) is 11.3. The van der Waals surface area contributed by atoms with Gasteiger partial charge in [-0.1, -0.05) is 18.2 Å². The predicted molar refractivity (Wildman–Crippen MR) is 138 cm³/mol. The molecular weight excluding hydrogens is 476 g/mol. The van der Waals surface area contributed by atoms with E-state index in [1.807, 2.05) is 0 Å². The summed E-state index contributed by atoms with van der Waals surface area (Å²) in [4.78, 5) is 39.8. The second-order valence-corrected chi connectivity index (χ2v) is 8.24. The van der Waals surface area contributed by atoms with Gasteiger partial charge in [-0.15, -0.1) is 0 Å². The maximum Gasteiger partial charge on any atom is 0.300 e. The number of hydrogen-bond acceptors (Lipinski definition) is 7. The van der Waals surface area contributed by atoms with Crippen LogP contribution in [-0.2, 0) is 14.4 Å². The van der Waals surface area contributed by atoms with Crippen molar-refractivity contribution in [2.24, 2.45) is 0 Å². The van der Waals surface area contributed by atoms with Crippen LogP contribution in [0.2, 0.25) is 0 Å². The number of hydrogen-bond donors (Lipinski definition) is 2. The zero-order valence-electron chi connectivity index (χ0n) is 20.8. The van der Waals surface area contributed by atoms with Gasteiger partial charge in [0.25, 0.3) is 11.7 Å². The van der Waals surface area contributed by atoms with Crippen LogP contribution in [0, 0.1) is 0 Å². The second kappa shape index (κ2) is 10.4. The van der Waals surface area contributed by atoms with E-state index >= 15 is 0 Å². The molecule has 4 rings (SSSR count). The molecule has 1 aliphatic rings. The third kappa shape index (κ3) is 4.84. The number of aliphatic hydroxyl groups is 1. The number of benzene rings is 3. The minimum absolute atomic E-state index is 0.119. The van der Waals surface area contributed by atoms with Crippen LogP contribution in [-0.4, -0.2) is 44.0 Å². The molecular formula is C28H26N2O7. The Morgan fingerprint density at radius 3 is 2.19 bits per heavy atom. The molecule has 0 bridgehead atoms. The largest absolute Gasteiger partial charge is 0.507 e. The summed E-state index contributed by atoms with van der Waals surface area (Å²) in [6.45, 7) is 1.37. The third-order valence-electron chi connectivity index (χ3n) is 5.98. The van der Waals surface area contributed by atoms with Crippen molar-refractivity contribution in [2.45, 2.75) is 13.0 Å². The molecule has 0 spiro atoms. The van der Waals surface area contributed by atoms with Gasteiger partial charge in [-0.25, -0.2) is 0 Å². The molecule has 2 amide bonds. The minimum Gasteiger partial charge on any atom is -0.507 e. The quantitative estimate of drug-likeness (QED) is 0.281. The summed E-state index contributed by atoms with van der Waals surface area (Å²) >= 11 is 0. The van der Waals surface area contributed by atoms with E-state index in [-0.39, 0.29) is 17.0 Å². The summed E-state index contributed by atoms with van der Waals surface area (Å²) < 4.78 is 16.0. The molecule has 1 fully saturated rings. The van der Waals surface area contributed by atoms with Gasteiger partial charge in [0, 0.05) is 18.3 Å². The van der Waals surface area contributed by atoms with Crippen molar-refractivity contribution >= 4 is 34.7 Å². The zero-order valence-corrected chi connectivity index (χ0v) is 20.8. The lowest BCUT2D eigenvalue weighted by Gasteiger charge is -2.26. The van der Waals surface area contributed by atoms with Gasteiger partial charge in [-0.05, 0) is 54.1 Å². The first-order valence-corrected chi connectivity index (χ1v) is 11.3. The summed E-state index contributed by atoms with van der Waals surface area (Å²) in [7, 11) is 4.44. The Morgan fingerprint density at radius 1 is 0.892 bits per heavy atom. The van der Waals surface area contributed by atoms with Crippen LogP contribution in [0.4, 0.5) is 11.4 Å². The number of anilines is 2. The number of nitrogens with one attached hydrogen (secondary N) is 1. The van der Waals surface area contributed by atoms with Crippen molar-refractivity contribution in [3.8, 4) is 17.2 Å². The van der Waals surface area contributed by atoms with E-state index in [4.69, 9.17) is 14.2 Å². The number of carbonyl (C=O) groups is 3. The van der Waals surface area contributed by atoms with Crippen LogP contribution in [0.1, 0.15) is 24.1 Å². The molecule has 1 atom stereocenters. The molecule has 0 aliphatic carbocycles. The minimum atomic E-state index is -0.977. The predicted octanol–water partition coefficient (Wildman–Crippen LogP) is 4.30. The van der Waals surface area contributed by atoms with Gasteiger partial charge >= 0.3 is 0 Å². The van der Waals surface area contributed by atoms with E-state index in [1.165, 1.54) is 39.2 Å². The number of Topliss-reactive ketones (excluding diaryl/α,β-unsaturated/α-hetero) is 1. The van der Waals surface area contributed by atoms with E-state index in [9.17, 15) is 19.5 Å². The van der Waals surface area contributed by atoms with Gasteiger partial charge in [0.2, 0.25) is 5.91 Å². The zero-order chi connectivity index (χ0) is 26.7. The van der Waals surface area contributed by atoms with Gasteiger partial charge in [0.15, 0.2) is 0 Å². The Bertz CT molecular complexity index is 1400. The van der Waals surface area contributed by atoms with Crippen LogP contribution >= 0.6 is 0 Å². The molecule has 2 N–H and O–H groups in total. The SMILES string of the molecule is COc1ccc(C2/C(=C(\O)c3cc(OC)ccc3OC)C(=O)C(=O)N2c2cccc(NC(C)=O)c2)cc1. The number of ketones is 1. The molecule has 1 heterocycles. The highest BCUT2D eigenvalue weighted by molar-refractivity contribution is 6.51.